The van der Waals surface area contributed by atoms with Crippen LogP contribution < -0.4 is 5.32 Å². The number of sulfone groups is 1. The van der Waals surface area contributed by atoms with Crippen LogP contribution in [-0.4, -0.2) is 25.8 Å². The molecule has 0 spiro atoms. The van der Waals surface area contributed by atoms with E-state index in [9.17, 15) is 26.4 Å². The number of amides is 1. The molecule has 0 bridgehead atoms. The summed E-state index contributed by atoms with van der Waals surface area (Å²) in [4.78, 5) is 11.8. The van der Waals surface area contributed by atoms with Crippen molar-refractivity contribution in [3.05, 3.63) is 29.8 Å². The lowest BCUT2D eigenvalue weighted by molar-refractivity contribution is -0.137. The normalized spacial score (nSPS) is 21.6. The maximum atomic E-state index is 12.4. The summed E-state index contributed by atoms with van der Waals surface area (Å²) in [6.07, 6.45) is -4.18. The zero-order valence-corrected chi connectivity index (χ0v) is 11.1. The van der Waals surface area contributed by atoms with Gasteiger partial charge in [0.1, 0.15) is 0 Å². The minimum Gasteiger partial charge on any atom is -0.326 e. The molecule has 1 aromatic carbocycles. The van der Waals surface area contributed by atoms with Crippen molar-refractivity contribution in [3.63, 3.8) is 0 Å². The quantitative estimate of drug-likeness (QED) is 0.910. The predicted octanol–water partition coefficient (Wildman–Crippen LogP) is 2.08. The van der Waals surface area contributed by atoms with Gasteiger partial charge in [-0.2, -0.15) is 13.2 Å². The van der Waals surface area contributed by atoms with Crippen LogP contribution in [0, 0.1) is 5.92 Å². The number of benzene rings is 1. The molecule has 0 saturated carbocycles. The molecule has 0 aromatic heterocycles. The molecule has 1 aliphatic heterocycles. The number of rotatable bonds is 2. The highest BCUT2D eigenvalue weighted by atomic mass is 32.2. The number of halogens is 3. The van der Waals surface area contributed by atoms with Gasteiger partial charge < -0.3 is 5.32 Å². The summed E-state index contributed by atoms with van der Waals surface area (Å²) >= 11 is 0. The minimum atomic E-state index is -4.43. The van der Waals surface area contributed by atoms with Crippen LogP contribution in [-0.2, 0) is 20.8 Å². The molecule has 4 nitrogen and oxygen atoms in total. The fourth-order valence-corrected chi connectivity index (χ4v) is 3.73. The van der Waals surface area contributed by atoms with Crippen molar-refractivity contribution < 1.29 is 26.4 Å². The van der Waals surface area contributed by atoms with Crippen LogP contribution in [0.1, 0.15) is 12.0 Å². The molecule has 0 aliphatic carbocycles. The van der Waals surface area contributed by atoms with Gasteiger partial charge in [-0.15, -0.1) is 0 Å². The van der Waals surface area contributed by atoms with E-state index in [1.54, 1.807) is 0 Å². The van der Waals surface area contributed by atoms with E-state index in [1.807, 2.05) is 0 Å². The van der Waals surface area contributed by atoms with Crippen molar-refractivity contribution in [1.82, 2.24) is 0 Å². The van der Waals surface area contributed by atoms with E-state index in [2.05, 4.69) is 5.32 Å². The van der Waals surface area contributed by atoms with Crippen LogP contribution in [0.5, 0.6) is 0 Å². The third kappa shape index (κ3) is 3.50. The van der Waals surface area contributed by atoms with Crippen LogP contribution in [0.2, 0.25) is 0 Å². The summed E-state index contributed by atoms with van der Waals surface area (Å²) in [7, 11) is -3.17. The van der Waals surface area contributed by atoms with E-state index < -0.39 is 33.4 Å². The van der Waals surface area contributed by atoms with Crippen molar-refractivity contribution in [1.29, 1.82) is 0 Å². The first-order valence-corrected chi connectivity index (χ1v) is 7.68. The zero-order valence-electron chi connectivity index (χ0n) is 10.3. The SMILES string of the molecule is O=C(Nc1ccc(C(F)(F)F)cc1)C1CCS(=O)(=O)C1. The first-order chi connectivity index (χ1) is 9.17. The first-order valence-electron chi connectivity index (χ1n) is 5.86. The van der Waals surface area contributed by atoms with Gasteiger partial charge in [0.05, 0.1) is 23.0 Å². The molecule has 1 unspecified atom stereocenters. The Morgan fingerprint density at radius 3 is 2.25 bits per heavy atom. The lowest BCUT2D eigenvalue weighted by Gasteiger charge is -2.11. The Morgan fingerprint density at radius 2 is 1.80 bits per heavy atom. The summed E-state index contributed by atoms with van der Waals surface area (Å²) in [6.45, 7) is 0. The summed E-state index contributed by atoms with van der Waals surface area (Å²) in [5.41, 5.74) is -0.591. The van der Waals surface area contributed by atoms with Crippen molar-refractivity contribution in [3.8, 4) is 0 Å². The Hall–Kier alpha value is -1.57. The Morgan fingerprint density at radius 1 is 1.20 bits per heavy atom. The van der Waals surface area contributed by atoms with Crippen molar-refractivity contribution >= 4 is 21.4 Å². The molecular weight excluding hydrogens is 295 g/mol. The molecule has 1 saturated heterocycles. The Balaban J connectivity index is 2.02. The van der Waals surface area contributed by atoms with E-state index in [0.29, 0.717) is 0 Å². The lowest BCUT2D eigenvalue weighted by atomic mass is 10.1. The van der Waals surface area contributed by atoms with Crippen LogP contribution >= 0.6 is 0 Å². The van der Waals surface area contributed by atoms with Gasteiger partial charge in [-0.1, -0.05) is 0 Å². The van der Waals surface area contributed by atoms with Crippen LogP contribution in [0.25, 0.3) is 0 Å². The second-order valence-electron chi connectivity index (χ2n) is 4.66. The second-order valence-corrected chi connectivity index (χ2v) is 6.89. The molecule has 2 rings (SSSR count). The van der Waals surface area contributed by atoms with E-state index >= 15 is 0 Å². The Labute approximate surface area is 113 Å². The molecule has 1 fully saturated rings. The average Bonchev–Trinajstić information content (AvgIpc) is 2.69. The Bertz CT molecular complexity index is 608. The number of nitrogens with one attached hydrogen (secondary N) is 1. The molecule has 0 radical (unpaired) electrons. The molecule has 1 amide bonds. The largest absolute Gasteiger partial charge is 0.416 e. The number of carbonyl (C=O) groups excluding carboxylic acids is 1. The van der Waals surface area contributed by atoms with E-state index in [-0.39, 0.29) is 23.6 Å². The number of carbonyl (C=O) groups is 1. The highest BCUT2D eigenvalue weighted by Crippen LogP contribution is 2.30. The first kappa shape index (κ1) is 14.8. The maximum absolute atomic E-state index is 12.4. The molecule has 1 aliphatic rings. The van der Waals surface area contributed by atoms with Gasteiger partial charge in [0.2, 0.25) is 5.91 Å². The second kappa shape index (κ2) is 5.08. The van der Waals surface area contributed by atoms with Gasteiger partial charge in [-0.3, -0.25) is 4.79 Å². The lowest BCUT2D eigenvalue weighted by Crippen LogP contribution is -2.23. The van der Waals surface area contributed by atoms with Gasteiger partial charge in [0.15, 0.2) is 9.84 Å². The predicted molar refractivity (Wildman–Crippen MR) is 66.8 cm³/mol. The van der Waals surface area contributed by atoms with Gasteiger partial charge in [0, 0.05) is 5.69 Å². The number of anilines is 1. The molecule has 1 N–H and O–H groups in total. The highest BCUT2D eigenvalue weighted by Gasteiger charge is 2.33. The molecule has 1 heterocycles. The highest BCUT2D eigenvalue weighted by molar-refractivity contribution is 7.91. The monoisotopic (exact) mass is 307 g/mol. The zero-order chi connectivity index (χ0) is 15.0. The fraction of sp³-hybridized carbons (Fsp3) is 0.417. The maximum Gasteiger partial charge on any atom is 0.416 e. The molecule has 1 aromatic rings. The number of hydrogen-bond acceptors (Lipinski definition) is 3. The van der Waals surface area contributed by atoms with Gasteiger partial charge in [0.25, 0.3) is 0 Å². The van der Waals surface area contributed by atoms with E-state index in [4.69, 9.17) is 0 Å². The minimum absolute atomic E-state index is 0.0297. The molecule has 110 valence electrons. The fourth-order valence-electron chi connectivity index (χ4n) is 1.99. The third-order valence-electron chi connectivity index (χ3n) is 3.08. The van der Waals surface area contributed by atoms with Crippen molar-refractivity contribution in [2.24, 2.45) is 5.92 Å². The average molecular weight is 307 g/mol. The van der Waals surface area contributed by atoms with Gasteiger partial charge in [-0.25, -0.2) is 8.42 Å². The number of alkyl halides is 3. The van der Waals surface area contributed by atoms with Gasteiger partial charge >= 0.3 is 6.18 Å². The van der Waals surface area contributed by atoms with E-state index in [0.717, 1.165) is 24.3 Å². The van der Waals surface area contributed by atoms with Crippen LogP contribution in [0.4, 0.5) is 18.9 Å². The summed E-state index contributed by atoms with van der Waals surface area (Å²) in [6, 6.07) is 4.01. The summed E-state index contributed by atoms with van der Waals surface area (Å²) < 4.78 is 59.6. The topological polar surface area (TPSA) is 63.2 Å². The standard InChI is InChI=1S/C12H12F3NO3S/c13-12(14,15)9-1-3-10(4-2-9)16-11(17)8-5-6-20(18,19)7-8/h1-4,8H,5-7H2,(H,16,17). The van der Waals surface area contributed by atoms with E-state index in [1.165, 1.54) is 0 Å². The summed E-state index contributed by atoms with van der Waals surface area (Å²) in [5.74, 6) is -1.36. The molecule has 20 heavy (non-hydrogen) atoms. The third-order valence-corrected chi connectivity index (χ3v) is 4.85. The number of hydrogen-bond donors (Lipinski definition) is 1. The molecule has 8 heteroatoms. The van der Waals surface area contributed by atoms with Crippen LogP contribution in [0.15, 0.2) is 24.3 Å². The van der Waals surface area contributed by atoms with Crippen molar-refractivity contribution in [2.75, 3.05) is 16.8 Å². The molecular formula is C12H12F3NO3S. The van der Waals surface area contributed by atoms with Gasteiger partial charge in [-0.05, 0) is 30.7 Å². The molecule has 1 atom stereocenters. The Kier molecular flexibility index (Phi) is 3.77. The summed E-state index contributed by atoms with van der Waals surface area (Å²) in [5, 5.41) is 2.43. The van der Waals surface area contributed by atoms with Crippen LogP contribution in [0.3, 0.4) is 0 Å². The van der Waals surface area contributed by atoms with Crippen molar-refractivity contribution in [2.45, 2.75) is 12.6 Å². The smallest absolute Gasteiger partial charge is 0.326 e.